The van der Waals surface area contributed by atoms with Crippen molar-refractivity contribution in [2.24, 2.45) is 0 Å². The second kappa shape index (κ2) is 9.76. The molecule has 2 fully saturated rings. The SMILES string of the molecule is O=C(NO)C1(S(=O)(=O)c2ccc(-c3cnc(OCC(F)(F)C(F)(F)F)cn3)cc2)CCN(C2CC2)CC1. The number of sulfone groups is 1. The molecule has 2 aliphatic rings. The summed E-state index contributed by atoms with van der Waals surface area (Å²) in [4.78, 5) is 22.2. The van der Waals surface area contributed by atoms with Gasteiger partial charge in [0.05, 0.1) is 23.0 Å². The van der Waals surface area contributed by atoms with Crippen LogP contribution in [0.3, 0.4) is 0 Å². The standard InChI is InChI=1S/C22H23F5N4O5S/c23-21(24,22(25,26)27)13-36-18-12-28-17(11-29-18)14-1-5-16(6-2-14)37(34,35)20(19(32)30-33)7-9-31(10-8-20)15-3-4-15/h1-2,5-6,11-12,15,33H,3-4,7-10,13H2,(H,30,32). The molecule has 1 aliphatic carbocycles. The van der Waals surface area contributed by atoms with Crippen molar-refractivity contribution in [2.45, 2.75) is 53.5 Å². The number of amides is 1. The minimum Gasteiger partial charge on any atom is -0.470 e. The van der Waals surface area contributed by atoms with Crippen molar-refractivity contribution in [3.8, 4) is 17.1 Å². The molecule has 4 rings (SSSR count). The summed E-state index contributed by atoms with van der Waals surface area (Å²) in [6, 6.07) is 5.70. The first-order chi connectivity index (χ1) is 17.3. The highest BCUT2D eigenvalue weighted by atomic mass is 32.2. The number of carbonyl (C=O) groups is 1. The van der Waals surface area contributed by atoms with Gasteiger partial charge in [-0.25, -0.2) is 23.9 Å². The molecule has 0 bridgehead atoms. The summed E-state index contributed by atoms with van der Waals surface area (Å²) in [5.74, 6) is -6.61. The van der Waals surface area contributed by atoms with Crippen LogP contribution in [0.15, 0.2) is 41.6 Å². The Morgan fingerprint density at radius 1 is 1.08 bits per heavy atom. The molecule has 1 aromatic carbocycles. The van der Waals surface area contributed by atoms with Gasteiger partial charge in [-0.15, -0.1) is 0 Å². The van der Waals surface area contributed by atoms with Gasteiger partial charge in [0, 0.05) is 24.7 Å². The summed E-state index contributed by atoms with van der Waals surface area (Å²) in [5.41, 5.74) is 2.04. The van der Waals surface area contributed by atoms with E-state index < -0.39 is 45.1 Å². The zero-order valence-corrected chi connectivity index (χ0v) is 20.0. The topological polar surface area (TPSA) is 122 Å². The lowest BCUT2D eigenvalue weighted by Gasteiger charge is -2.39. The fraction of sp³-hybridized carbons (Fsp3) is 0.500. The molecule has 1 saturated heterocycles. The zero-order chi connectivity index (χ0) is 27.1. The number of aromatic nitrogens is 2. The van der Waals surface area contributed by atoms with Crippen molar-refractivity contribution in [3.05, 3.63) is 36.7 Å². The van der Waals surface area contributed by atoms with E-state index in [0.717, 1.165) is 25.2 Å². The number of halogens is 5. The molecule has 37 heavy (non-hydrogen) atoms. The summed E-state index contributed by atoms with van der Waals surface area (Å²) in [6.45, 7) is -1.17. The molecular weight excluding hydrogens is 527 g/mol. The van der Waals surface area contributed by atoms with Gasteiger partial charge >= 0.3 is 12.1 Å². The second-order valence-corrected chi connectivity index (χ2v) is 11.2. The highest BCUT2D eigenvalue weighted by Crippen LogP contribution is 2.40. The third-order valence-corrected chi connectivity index (χ3v) is 9.12. The monoisotopic (exact) mass is 550 g/mol. The quantitative estimate of drug-likeness (QED) is 0.292. The van der Waals surface area contributed by atoms with Crippen LogP contribution in [0.1, 0.15) is 25.7 Å². The zero-order valence-electron chi connectivity index (χ0n) is 19.2. The molecule has 2 heterocycles. The van der Waals surface area contributed by atoms with Gasteiger partial charge in [-0.1, -0.05) is 12.1 Å². The van der Waals surface area contributed by atoms with Crippen molar-refractivity contribution in [3.63, 3.8) is 0 Å². The van der Waals surface area contributed by atoms with E-state index in [4.69, 9.17) is 0 Å². The molecule has 2 N–H and O–H groups in total. The van der Waals surface area contributed by atoms with Crippen LogP contribution in [-0.2, 0) is 14.6 Å². The first kappa shape index (κ1) is 27.1. The molecule has 15 heteroatoms. The highest BCUT2D eigenvalue weighted by molar-refractivity contribution is 7.93. The van der Waals surface area contributed by atoms with Gasteiger partial charge < -0.3 is 9.64 Å². The van der Waals surface area contributed by atoms with E-state index in [1.165, 1.54) is 29.7 Å². The van der Waals surface area contributed by atoms with Crippen molar-refractivity contribution in [2.75, 3.05) is 19.7 Å². The number of benzene rings is 1. The van der Waals surface area contributed by atoms with Gasteiger partial charge in [-0.3, -0.25) is 10.0 Å². The van der Waals surface area contributed by atoms with Crippen LogP contribution in [0.25, 0.3) is 11.3 Å². The largest absolute Gasteiger partial charge is 0.470 e. The van der Waals surface area contributed by atoms with Gasteiger partial charge in [0.25, 0.3) is 5.91 Å². The number of ether oxygens (including phenoxy) is 1. The van der Waals surface area contributed by atoms with E-state index in [1.54, 1.807) is 0 Å². The lowest BCUT2D eigenvalue weighted by Crippen LogP contribution is -2.58. The van der Waals surface area contributed by atoms with E-state index in [1.807, 2.05) is 0 Å². The van der Waals surface area contributed by atoms with Crippen molar-refractivity contribution >= 4 is 15.7 Å². The number of carbonyl (C=O) groups excluding carboxylic acids is 1. The van der Waals surface area contributed by atoms with Crippen molar-refractivity contribution in [1.82, 2.24) is 20.3 Å². The Labute approximate surface area is 208 Å². The molecule has 9 nitrogen and oxygen atoms in total. The van der Waals surface area contributed by atoms with Crippen molar-refractivity contribution in [1.29, 1.82) is 0 Å². The lowest BCUT2D eigenvalue weighted by atomic mass is 9.94. The van der Waals surface area contributed by atoms with Crippen LogP contribution in [0.4, 0.5) is 22.0 Å². The summed E-state index contributed by atoms with van der Waals surface area (Å²) in [6.07, 6.45) is -1.75. The third kappa shape index (κ3) is 5.25. The molecule has 0 radical (unpaired) electrons. The summed E-state index contributed by atoms with van der Waals surface area (Å²) in [7, 11) is -4.22. The Morgan fingerprint density at radius 3 is 2.19 bits per heavy atom. The van der Waals surface area contributed by atoms with E-state index in [9.17, 15) is 40.4 Å². The summed E-state index contributed by atoms with van der Waals surface area (Å²) >= 11 is 0. The number of hydrogen-bond acceptors (Lipinski definition) is 8. The molecule has 0 atom stereocenters. The van der Waals surface area contributed by atoms with Gasteiger partial charge in [-0.05, 0) is 37.8 Å². The number of alkyl halides is 5. The van der Waals surface area contributed by atoms with Crippen LogP contribution in [0.5, 0.6) is 5.88 Å². The van der Waals surface area contributed by atoms with E-state index in [-0.39, 0.29) is 23.4 Å². The second-order valence-electron chi connectivity index (χ2n) is 8.96. The van der Waals surface area contributed by atoms with E-state index in [0.29, 0.717) is 24.7 Å². The van der Waals surface area contributed by atoms with Crippen LogP contribution < -0.4 is 10.2 Å². The van der Waals surface area contributed by atoms with Crippen LogP contribution in [0.2, 0.25) is 0 Å². The maximum atomic E-state index is 13.5. The Kier molecular flexibility index (Phi) is 7.16. The summed E-state index contributed by atoms with van der Waals surface area (Å²) < 4.78 is 92.4. The number of hydroxylamine groups is 1. The Bertz CT molecular complexity index is 1230. The first-order valence-electron chi connectivity index (χ1n) is 11.2. The number of nitrogens with zero attached hydrogens (tertiary/aromatic N) is 3. The molecule has 1 aromatic heterocycles. The van der Waals surface area contributed by atoms with Crippen LogP contribution in [0, 0.1) is 0 Å². The molecule has 1 amide bonds. The molecule has 2 aromatic rings. The Hall–Kier alpha value is -2.91. The first-order valence-corrected chi connectivity index (χ1v) is 12.7. The number of likely N-dealkylation sites (tertiary alicyclic amines) is 1. The Morgan fingerprint density at radius 2 is 1.70 bits per heavy atom. The van der Waals surface area contributed by atoms with Crippen LogP contribution in [-0.4, -0.2) is 77.0 Å². The number of nitrogens with one attached hydrogen (secondary N) is 1. The molecular formula is C22H23F5N4O5S. The Balaban J connectivity index is 1.49. The fourth-order valence-electron chi connectivity index (χ4n) is 4.23. The molecule has 1 aliphatic heterocycles. The maximum absolute atomic E-state index is 13.5. The van der Waals surface area contributed by atoms with Crippen LogP contribution >= 0.6 is 0 Å². The van der Waals surface area contributed by atoms with E-state index in [2.05, 4.69) is 19.6 Å². The van der Waals surface area contributed by atoms with Crippen molar-refractivity contribution < 1.29 is 45.1 Å². The number of hydrogen-bond donors (Lipinski definition) is 2. The van der Waals surface area contributed by atoms with Gasteiger partial charge in [0.1, 0.15) is 0 Å². The summed E-state index contributed by atoms with van der Waals surface area (Å²) in [5, 5.41) is 9.29. The molecule has 202 valence electrons. The predicted molar refractivity (Wildman–Crippen MR) is 118 cm³/mol. The lowest BCUT2D eigenvalue weighted by molar-refractivity contribution is -0.290. The smallest absolute Gasteiger partial charge is 0.456 e. The van der Waals surface area contributed by atoms with Gasteiger partial charge in [0.15, 0.2) is 21.2 Å². The highest BCUT2D eigenvalue weighted by Gasteiger charge is 2.58. The van der Waals surface area contributed by atoms with Gasteiger partial charge in [0.2, 0.25) is 5.88 Å². The van der Waals surface area contributed by atoms with E-state index >= 15 is 0 Å². The maximum Gasteiger partial charge on any atom is 0.456 e. The number of piperidine rings is 1. The normalized spacial score (nSPS) is 18.9. The predicted octanol–water partition coefficient (Wildman–Crippen LogP) is 3.00. The third-order valence-electron chi connectivity index (χ3n) is 6.60. The fourth-order valence-corrected chi connectivity index (χ4v) is 6.18. The molecule has 0 spiro atoms. The molecule has 1 saturated carbocycles. The average molecular weight is 551 g/mol. The number of rotatable bonds is 8. The van der Waals surface area contributed by atoms with Gasteiger partial charge in [-0.2, -0.15) is 22.0 Å². The minimum absolute atomic E-state index is 0.0142. The average Bonchev–Trinajstić information content (AvgIpc) is 3.72. The molecule has 0 unspecified atom stereocenters. The minimum atomic E-state index is -5.77.